The Balaban J connectivity index is 1.25. The van der Waals surface area contributed by atoms with E-state index in [2.05, 4.69) is 38.4 Å². The van der Waals surface area contributed by atoms with Crippen molar-refractivity contribution in [3.05, 3.63) is 89.2 Å². The fourth-order valence-corrected chi connectivity index (χ4v) is 5.13. The molecule has 2 aromatic carbocycles. The first-order valence-corrected chi connectivity index (χ1v) is 11.9. The number of carbonyl (C=O) groups is 2. The van der Waals surface area contributed by atoms with Crippen LogP contribution >= 0.6 is 0 Å². The van der Waals surface area contributed by atoms with E-state index >= 15 is 0 Å². The minimum absolute atomic E-state index is 0.111. The topological polar surface area (TPSA) is 105 Å². The Kier molecular flexibility index (Phi) is 6.46. The van der Waals surface area contributed by atoms with Crippen LogP contribution in [0.4, 0.5) is 5.95 Å². The van der Waals surface area contributed by atoms with E-state index in [0.717, 1.165) is 37.4 Å². The quantitative estimate of drug-likeness (QED) is 0.567. The predicted molar refractivity (Wildman–Crippen MR) is 130 cm³/mol. The van der Waals surface area contributed by atoms with Gasteiger partial charge in [0.05, 0.1) is 23.7 Å². The van der Waals surface area contributed by atoms with Crippen molar-refractivity contribution in [3.8, 4) is 0 Å². The molecule has 1 saturated heterocycles. The molecular weight excluding hydrogens is 444 g/mol. The van der Waals surface area contributed by atoms with Crippen molar-refractivity contribution >= 4 is 17.8 Å². The lowest BCUT2D eigenvalue weighted by atomic mass is 9.78. The first kappa shape index (κ1) is 23.0. The average molecular weight is 473 g/mol. The number of carboxylic acid groups (broad SMARTS) is 1. The fraction of sp³-hybridized carbons (Fsp3) is 0.333. The number of nitrogens with one attached hydrogen (secondary N) is 1. The van der Waals surface area contributed by atoms with Gasteiger partial charge in [-0.05, 0) is 54.2 Å². The van der Waals surface area contributed by atoms with Gasteiger partial charge in [-0.1, -0.05) is 36.4 Å². The maximum Gasteiger partial charge on any atom is 0.335 e. The molecule has 0 bridgehead atoms. The SMILES string of the molecule is O=C(CC1Cc2ccccc2C2(CCN(c3ncccn3)CC2)O1)NCc1cccc(C(=O)O)c1. The van der Waals surface area contributed by atoms with Crippen molar-refractivity contribution in [1.29, 1.82) is 0 Å². The molecule has 1 unspecified atom stereocenters. The van der Waals surface area contributed by atoms with Gasteiger partial charge in [0.15, 0.2) is 0 Å². The third kappa shape index (κ3) is 5.02. The summed E-state index contributed by atoms with van der Waals surface area (Å²) in [7, 11) is 0. The van der Waals surface area contributed by atoms with Crippen LogP contribution in [0.25, 0.3) is 0 Å². The number of aromatic nitrogens is 2. The molecule has 1 spiro atoms. The summed E-state index contributed by atoms with van der Waals surface area (Å²) in [5, 5.41) is 12.1. The Morgan fingerprint density at radius 1 is 1.06 bits per heavy atom. The average Bonchev–Trinajstić information content (AvgIpc) is 2.89. The molecule has 0 aliphatic carbocycles. The Morgan fingerprint density at radius 3 is 2.60 bits per heavy atom. The van der Waals surface area contributed by atoms with E-state index in [1.54, 1.807) is 30.6 Å². The maximum atomic E-state index is 12.8. The number of hydrogen-bond donors (Lipinski definition) is 2. The van der Waals surface area contributed by atoms with Crippen LogP contribution in [0.5, 0.6) is 0 Å². The molecule has 35 heavy (non-hydrogen) atoms. The van der Waals surface area contributed by atoms with Gasteiger partial charge in [-0.15, -0.1) is 0 Å². The number of carbonyl (C=O) groups excluding carboxylic acids is 1. The van der Waals surface area contributed by atoms with Crippen molar-refractivity contribution in [2.24, 2.45) is 0 Å². The zero-order valence-corrected chi connectivity index (χ0v) is 19.4. The highest BCUT2D eigenvalue weighted by Gasteiger charge is 2.44. The number of rotatable bonds is 6. The summed E-state index contributed by atoms with van der Waals surface area (Å²) in [6.45, 7) is 1.83. The Labute approximate surface area is 204 Å². The van der Waals surface area contributed by atoms with E-state index < -0.39 is 11.6 Å². The van der Waals surface area contributed by atoms with E-state index in [1.807, 2.05) is 12.1 Å². The molecule has 180 valence electrons. The number of anilines is 1. The van der Waals surface area contributed by atoms with Crippen LogP contribution in [-0.4, -0.2) is 46.1 Å². The second kappa shape index (κ2) is 9.84. The second-order valence-corrected chi connectivity index (χ2v) is 9.12. The molecule has 1 atom stereocenters. The van der Waals surface area contributed by atoms with Gasteiger partial charge in [0.25, 0.3) is 0 Å². The maximum absolute atomic E-state index is 12.8. The van der Waals surface area contributed by atoms with Crippen molar-refractivity contribution in [3.63, 3.8) is 0 Å². The second-order valence-electron chi connectivity index (χ2n) is 9.12. The summed E-state index contributed by atoms with van der Waals surface area (Å²) in [4.78, 5) is 34.9. The molecule has 8 nitrogen and oxygen atoms in total. The molecule has 1 fully saturated rings. The van der Waals surface area contributed by atoms with E-state index in [4.69, 9.17) is 4.74 Å². The first-order chi connectivity index (χ1) is 17.0. The zero-order chi connectivity index (χ0) is 24.3. The lowest BCUT2D eigenvalue weighted by Gasteiger charge is -2.47. The molecule has 5 rings (SSSR count). The van der Waals surface area contributed by atoms with E-state index in [9.17, 15) is 14.7 Å². The molecule has 2 aliphatic heterocycles. The highest BCUT2D eigenvalue weighted by atomic mass is 16.5. The van der Waals surface area contributed by atoms with Crippen LogP contribution in [-0.2, 0) is 28.1 Å². The number of nitrogens with zero attached hydrogens (tertiary/aromatic N) is 3. The summed E-state index contributed by atoms with van der Waals surface area (Å²) >= 11 is 0. The van der Waals surface area contributed by atoms with Gasteiger partial charge in [-0.2, -0.15) is 0 Å². The summed E-state index contributed by atoms with van der Waals surface area (Å²) in [5.74, 6) is -0.364. The summed E-state index contributed by atoms with van der Waals surface area (Å²) in [6, 6.07) is 16.8. The normalized spacial score (nSPS) is 18.6. The smallest absolute Gasteiger partial charge is 0.335 e. The number of aromatic carboxylic acids is 1. The van der Waals surface area contributed by atoms with Crippen molar-refractivity contribution in [2.75, 3.05) is 18.0 Å². The Morgan fingerprint density at radius 2 is 1.83 bits per heavy atom. The molecular formula is C27H28N4O4. The molecule has 8 heteroatoms. The van der Waals surface area contributed by atoms with E-state index in [-0.39, 0.29) is 30.5 Å². The monoisotopic (exact) mass is 472 g/mol. The number of hydrogen-bond acceptors (Lipinski definition) is 6. The van der Waals surface area contributed by atoms with E-state index in [0.29, 0.717) is 6.42 Å². The van der Waals surface area contributed by atoms with Crippen LogP contribution in [0.3, 0.4) is 0 Å². The predicted octanol–water partition coefficient (Wildman–Crippen LogP) is 3.32. The molecule has 0 radical (unpaired) electrons. The molecule has 3 aromatic rings. The minimum Gasteiger partial charge on any atom is -0.478 e. The summed E-state index contributed by atoms with van der Waals surface area (Å²) in [6.07, 6.45) is 5.81. The minimum atomic E-state index is -0.984. The molecule has 1 amide bonds. The van der Waals surface area contributed by atoms with Gasteiger partial charge in [0.1, 0.15) is 0 Å². The van der Waals surface area contributed by atoms with Gasteiger partial charge in [0, 0.05) is 32.0 Å². The molecule has 0 saturated carbocycles. The molecule has 2 aliphatic rings. The lowest BCUT2D eigenvalue weighted by Crippen LogP contribution is -2.50. The van der Waals surface area contributed by atoms with Crippen LogP contribution in [0.15, 0.2) is 67.0 Å². The van der Waals surface area contributed by atoms with Crippen LogP contribution < -0.4 is 10.2 Å². The van der Waals surface area contributed by atoms with Crippen LogP contribution in [0.1, 0.15) is 46.3 Å². The molecule has 1 aromatic heterocycles. The Hall–Kier alpha value is -3.78. The number of benzene rings is 2. The largest absolute Gasteiger partial charge is 0.478 e. The number of amides is 1. The molecule has 2 N–H and O–H groups in total. The van der Waals surface area contributed by atoms with Crippen LogP contribution in [0.2, 0.25) is 0 Å². The van der Waals surface area contributed by atoms with Gasteiger partial charge in [-0.3, -0.25) is 4.79 Å². The van der Waals surface area contributed by atoms with Gasteiger partial charge >= 0.3 is 5.97 Å². The third-order valence-electron chi connectivity index (χ3n) is 6.83. The van der Waals surface area contributed by atoms with Gasteiger partial charge in [-0.25, -0.2) is 14.8 Å². The highest BCUT2D eigenvalue weighted by molar-refractivity contribution is 5.87. The van der Waals surface area contributed by atoms with Gasteiger partial charge < -0.3 is 20.1 Å². The van der Waals surface area contributed by atoms with Crippen molar-refractivity contribution < 1.29 is 19.4 Å². The number of fused-ring (bicyclic) bond motifs is 2. The number of piperidine rings is 1. The van der Waals surface area contributed by atoms with Crippen LogP contribution in [0, 0.1) is 0 Å². The van der Waals surface area contributed by atoms with Crippen molar-refractivity contribution in [1.82, 2.24) is 15.3 Å². The summed E-state index contributed by atoms with van der Waals surface area (Å²) in [5.41, 5.74) is 2.98. The first-order valence-electron chi connectivity index (χ1n) is 11.9. The lowest BCUT2D eigenvalue weighted by molar-refractivity contribution is -0.141. The fourth-order valence-electron chi connectivity index (χ4n) is 5.13. The highest BCUT2D eigenvalue weighted by Crippen LogP contribution is 2.44. The third-order valence-corrected chi connectivity index (χ3v) is 6.83. The molecule has 3 heterocycles. The van der Waals surface area contributed by atoms with Gasteiger partial charge in [0.2, 0.25) is 11.9 Å². The van der Waals surface area contributed by atoms with E-state index in [1.165, 1.54) is 17.2 Å². The number of carboxylic acids is 1. The standard InChI is InChI=1S/C27H28N4O4/c32-24(30-18-19-5-3-7-21(15-19)25(33)34)17-22-16-20-6-1-2-8-23(20)27(35-22)9-13-31(14-10-27)26-28-11-4-12-29-26/h1-8,11-12,15,22H,9-10,13-14,16-18H2,(H,30,32)(H,33,34). The Bertz CT molecular complexity index is 1210. The zero-order valence-electron chi connectivity index (χ0n) is 19.4. The summed E-state index contributed by atoms with van der Waals surface area (Å²) < 4.78 is 6.69. The van der Waals surface area contributed by atoms with Crippen molar-refractivity contribution in [2.45, 2.75) is 43.9 Å². The number of ether oxygens (including phenoxy) is 1.